The Morgan fingerprint density at radius 3 is 1.29 bits per heavy atom. The van der Waals surface area contributed by atoms with E-state index in [1.807, 2.05) is 13.8 Å². The first-order valence-corrected chi connectivity index (χ1v) is 40.4. The smallest absolute Gasteiger partial charge is 0.240 e. The van der Waals surface area contributed by atoms with Crippen molar-refractivity contribution in [2.24, 2.45) is 23.3 Å². The highest BCUT2D eigenvalue weighted by molar-refractivity contribution is 8.77. The highest BCUT2D eigenvalue weighted by atomic mass is 33.1. The first-order valence-electron chi connectivity index (χ1n) is 32.9. The molecule has 0 aliphatic carbocycles. The summed E-state index contributed by atoms with van der Waals surface area (Å²) in [4.78, 5) is 68.0. The Morgan fingerprint density at radius 1 is 0.490 bits per heavy atom. The van der Waals surface area contributed by atoms with Crippen molar-refractivity contribution in [3.8, 4) is 0 Å². The summed E-state index contributed by atoms with van der Waals surface area (Å²) in [6.07, 6.45) is -11.9. The van der Waals surface area contributed by atoms with E-state index in [-0.39, 0.29) is 83.7 Å². The van der Waals surface area contributed by atoms with Crippen LogP contribution < -0.4 is 32.7 Å². The molecule has 0 saturated carbocycles. The fourth-order valence-electron chi connectivity index (χ4n) is 9.73. The maximum atomic E-state index is 14.3. The number of hydrogen-bond donors (Lipinski definition) is 15. The number of primary amides is 1. The van der Waals surface area contributed by atoms with E-state index < -0.39 is 160 Å². The topological polar surface area (TPSA) is 482 Å². The molecule has 0 aromatic carbocycles. The second-order valence-electron chi connectivity index (χ2n) is 23.3. The number of hydrogen-bond acceptors (Lipinski definition) is 34. The lowest BCUT2D eigenvalue weighted by molar-refractivity contribution is -0.284. The zero-order valence-corrected chi connectivity index (χ0v) is 61.6. The van der Waals surface area contributed by atoms with Crippen LogP contribution in [0, 0.1) is 11.8 Å². The summed E-state index contributed by atoms with van der Waals surface area (Å²) in [5, 5.41) is 101. The molecule has 98 heavy (non-hydrogen) atoms. The average molecular weight is 1530 g/mol. The number of nitrogens with two attached hydrogens (primary N) is 2. The van der Waals surface area contributed by atoms with E-state index in [4.69, 9.17) is 68.3 Å². The van der Waals surface area contributed by atoms with Crippen LogP contribution >= 0.6 is 64.8 Å². The van der Waals surface area contributed by atoms with Crippen LogP contribution in [0.1, 0.15) is 53.9 Å². The van der Waals surface area contributed by atoms with E-state index >= 15 is 0 Å². The highest BCUT2D eigenvalue weighted by Crippen LogP contribution is 2.29. The molecule has 0 aromatic rings. The van der Waals surface area contributed by atoms with Crippen molar-refractivity contribution < 1.29 is 127 Å². The van der Waals surface area contributed by atoms with Gasteiger partial charge < -0.3 is 136 Å². The lowest BCUT2D eigenvalue weighted by Gasteiger charge is -2.42. The van der Waals surface area contributed by atoms with Crippen LogP contribution in [-0.4, -0.2) is 357 Å². The molecule has 39 heteroatoms. The SMILES string of the molecule is CC(=O)NC1C(OCCOCCOCCSSCC(NC(=O)CN(CC(=O)NC(C)CSSCCOCCOCCOC2OC(CO)C(O)C(O)C2C)C(CCCCN)C(=O)NC(C)CSSCCOCCOCCOC2OC(CO)C(O)C(O)C2C)C(N)=O)OC(CO)C(O)C1O. The molecule has 33 nitrogen and oxygen atoms in total. The van der Waals surface area contributed by atoms with E-state index in [1.54, 1.807) is 35.4 Å². The molecular weight excluding hydrogens is 1420 g/mol. The summed E-state index contributed by atoms with van der Waals surface area (Å²) in [6.45, 7) is 10.3. The molecule has 0 radical (unpaired) electrons. The molecule has 19 unspecified atom stereocenters. The number of ether oxygens (including phenoxy) is 12. The van der Waals surface area contributed by atoms with Crippen LogP contribution in [0.4, 0.5) is 0 Å². The third-order valence-electron chi connectivity index (χ3n) is 15.2. The number of carbonyl (C=O) groups is 5. The van der Waals surface area contributed by atoms with Crippen LogP contribution in [-0.2, 0) is 80.8 Å². The van der Waals surface area contributed by atoms with Gasteiger partial charge in [-0.3, -0.25) is 28.9 Å². The molecule has 574 valence electrons. The van der Waals surface area contributed by atoms with Crippen molar-refractivity contribution in [2.45, 2.75) is 158 Å². The van der Waals surface area contributed by atoms with E-state index in [0.29, 0.717) is 94.4 Å². The minimum Gasteiger partial charge on any atom is -0.394 e. The number of nitrogens with zero attached hydrogens (tertiary/aromatic N) is 1. The number of amides is 5. The minimum atomic E-state index is -1.44. The first-order chi connectivity index (χ1) is 47.1. The zero-order chi connectivity index (χ0) is 72.2. The van der Waals surface area contributed by atoms with E-state index in [2.05, 4.69) is 21.3 Å². The minimum absolute atomic E-state index is 0.00386. The Hall–Kier alpha value is -1.47. The van der Waals surface area contributed by atoms with Gasteiger partial charge in [-0.1, -0.05) is 85.0 Å². The Morgan fingerprint density at radius 2 is 0.867 bits per heavy atom. The highest BCUT2D eigenvalue weighted by Gasteiger charge is 2.46. The van der Waals surface area contributed by atoms with Crippen molar-refractivity contribution in [1.29, 1.82) is 0 Å². The number of carbonyl (C=O) groups excluding carboxylic acids is 5. The van der Waals surface area contributed by atoms with Gasteiger partial charge in [-0.2, -0.15) is 0 Å². The summed E-state index contributed by atoms with van der Waals surface area (Å²) in [6, 6.07) is -3.76. The van der Waals surface area contributed by atoms with Crippen LogP contribution in [0.2, 0.25) is 0 Å². The van der Waals surface area contributed by atoms with E-state index in [0.717, 1.165) is 0 Å². The Balaban J connectivity index is 1.46. The zero-order valence-electron chi connectivity index (χ0n) is 56.7. The molecule has 17 N–H and O–H groups in total. The Bertz CT molecular complexity index is 2150. The largest absolute Gasteiger partial charge is 0.394 e. The molecule has 0 bridgehead atoms. The van der Waals surface area contributed by atoms with Gasteiger partial charge in [0.1, 0.15) is 54.8 Å². The summed E-state index contributed by atoms with van der Waals surface area (Å²) in [7, 11) is 8.87. The fraction of sp³-hybridized carbons (Fsp3) is 0.915. The third kappa shape index (κ3) is 36.5. The maximum Gasteiger partial charge on any atom is 0.240 e. The Kier molecular flexibility index (Phi) is 50.2. The van der Waals surface area contributed by atoms with Crippen molar-refractivity contribution >= 4 is 94.3 Å². The van der Waals surface area contributed by atoms with E-state index in [1.165, 1.54) is 55.0 Å². The molecule has 0 spiro atoms. The van der Waals surface area contributed by atoms with Gasteiger partial charge in [0.2, 0.25) is 29.5 Å². The number of aliphatic hydroxyl groups is 9. The average Bonchev–Trinajstić information content (AvgIpc) is 0.822. The second kappa shape index (κ2) is 54.2. The quantitative estimate of drug-likeness (QED) is 0.0205. The molecule has 5 amide bonds. The lowest BCUT2D eigenvalue weighted by Crippen LogP contribution is -2.64. The summed E-state index contributed by atoms with van der Waals surface area (Å²) < 4.78 is 67.4. The van der Waals surface area contributed by atoms with Crippen LogP contribution in [0.15, 0.2) is 0 Å². The second-order valence-corrected chi connectivity index (χ2v) is 31.2. The Labute approximate surface area is 598 Å². The molecular formula is C59H111N7O26S6. The van der Waals surface area contributed by atoms with Crippen molar-refractivity contribution in [1.82, 2.24) is 26.2 Å². The summed E-state index contributed by atoms with van der Waals surface area (Å²) in [5.41, 5.74) is 11.7. The predicted octanol–water partition coefficient (Wildman–Crippen LogP) is -3.85. The van der Waals surface area contributed by atoms with Crippen molar-refractivity contribution in [3.63, 3.8) is 0 Å². The normalized spacial score (nSPS) is 27.1. The third-order valence-corrected chi connectivity index (χ3v) is 22.6. The van der Waals surface area contributed by atoms with Gasteiger partial charge >= 0.3 is 0 Å². The molecule has 3 fully saturated rings. The van der Waals surface area contributed by atoms with Crippen LogP contribution in [0.5, 0.6) is 0 Å². The van der Waals surface area contributed by atoms with Gasteiger partial charge in [-0.25, -0.2) is 0 Å². The number of nitrogens with one attached hydrogen (secondary N) is 4. The fourth-order valence-corrected chi connectivity index (χ4v) is 16.1. The van der Waals surface area contributed by atoms with E-state index in [9.17, 15) is 69.9 Å². The van der Waals surface area contributed by atoms with Crippen LogP contribution in [0.3, 0.4) is 0 Å². The molecule has 0 aromatic heterocycles. The van der Waals surface area contributed by atoms with Crippen LogP contribution in [0.25, 0.3) is 0 Å². The number of unbranched alkanes of at least 4 members (excludes halogenated alkanes) is 1. The standard InChI is InChI=1S/C59H111N7O26S6/c1-36(33-96-93-25-22-84-13-10-81-16-19-87-57-38(3)49(73)51(75)43(30-67)90-57)62-46(71)28-66(29-47(72)65-41(55(61)79)35-98-95-27-24-86-15-12-83-18-21-89-59-48(64-40(5)70)54(78)53(77)45(32-69)92-59)42(8-6-7-9-60)56(80)63-37(2)34-97-94-26-23-85-14-11-82-17-20-88-58-39(4)50(74)52(76)44(31-68)91-58/h36-39,41-45,48-54,57-59,67-69,73-78H,6-35,60H2,1-5H3,(H2,61,79)(H,62,71)(H,63,80)(H,64,70)(H,65,72). The molecule has 3 saturated heterocycles. The van der Waals surface area contributed by atoms with Crippen molar-refractivity contribution in [3.05, 3.63) is 0 Å². The van der Waals surface area contributed by atoms with Gasteiger partial charge in [0.05, 0.1) is 150 Å². The van der Waals surface area contributed by atoms with Crippen molar-refractivity contribution in [2.75, 3.05) is 173 Å². The molecule has 3 rings (SSSR count). The number of rotatable bonds is 57. The van der Waals surface area contributed by atoms with Gasteiger partial charge in [0.25, 0.3) is 0 Å². The molecule has 3 aliphatic heterocycles. The summed E-state index contributed by atoms with van der Waals surface area (Å²) >= 11 is 0. The number of aliphatic hydroxyl groups excluding tert-OH is 9. The summed E-state index contributed by atoms with van der Waals surface area (Å²) in [5.74, 6) is -0.788. The maximum absolute atomic E-state index is 14.3. The predicted molar refractivity (Wildman–Crippen MR) is 371 cm³/mol. The van der Waals surface area contributed by atoms with Gasteiger partial charge in [0, 0.05) is 65.4 Å². The first kappa shape index (κ1) is 90.7. The van der Waals surface area contributed by atoms with Gasteiger partial charge in [-0.05, 0) is 33.2 Å². The molecule has 19 atom stereocenters. The molecule has 3 heterocycles. The lowest BCUT2D eigenvalue weighted by atomic mass is 9.92. The monoisotopic (exact) mass is 1530 g/mol. The molecule has 3 aliphatic rings. The van der Waals surface area contributed by atoms with Gasteiger partial charge in [-0.15, -0.1) is 0 Å². The van der Waals surface area contributed by atoms with Gasteiger partial charge in [0.15, 0.2) is 18.9 Å².